The second kappa shape index (κ2) is 6.64. The third kappa shape index (κ3) is 2.71. The minimum atomic E-state index is -0.542. The van der Waals surface area contributed by atoms with Crippen LogP contribution in [0, 0.1) is 11.3 Å². The van der Waals surface area contributed by atoms with Gasteiger partial charge in [0.25, 0.3) is 0 Å². The highest BCUT2D eigenvalue weighted by Gasteiger charge is 2.38. The van der Waals surface area contributed by atoms with Crippen molar-refractivity contribution in [3.05, 3.63) is 76.9 Å². The minimum absolute atomic E-state index is 0.00481. The van der Waals surface area contributed by atoms with Crippen molar-refractivity contribution in [2.45, 2.75) is 25.2 Å². The Labute approximate surface area is 166 Å². The van der Waals surface area contributed by atoms with Gasteiger partial charge in [0, 0.05) is 24.0 Å². The molecule has 0 saturated carbocycles. The molecule has 29 heavy (non-hydrogen) atoms. The van der Waals surface area contributed by atoms with Gasteiger partial charge in [0.2, 0.25) is 5.88 Å². The number of carbonyl (C=O) groups is 1. The van der Waals surface area contributed by atoms with Gasteiger partial charge in [-0.1, -0.05) is 41.6 Å². The van der Waals surface area contributed by atoms with Crippen LogP contribution in [0.4, 0.5) is 0 Å². The Bertz CT molecular complexity index is 1250. The van der Waals surface area contributed by atoms with Crippen LogP contribution in [0.15, 0.2) is 75.8 Å². The predicted molar refractivity (Wildman–Crippen MR) is 106 cm³/mol. The quantitative estimate of drug-likeness (QED) is 0.707. The van der Waals surface area contributed by atoms with Gasteiger partial charge in [-0.25, -0.2) is 0 Å². The Hall–Kier alpha value is -3.85. The summed E-state index contributed by atoms with van der Waals surface area (Å²) in [5, 5.41) is 14.7. The predicted octanol–water partition coefficient (Wildman–Crippen LogP) is 4.31. The third-order valence-electron chi connectivity index (χ3n) is 5.47. The van der Waals surface area contributed by atoms with Gasteiger partial charge < -0.3 is 15.0 Å². The first kappa shape index (κ1) is 17.3. The number of hydrogen-bond acceptors (Lipinski definition) is 6. The smallest absolute Gasteiger partial charge is 0.205 e. The fourth-order valence-electron chi connectivity index (χ4n) is 4.13. The monoisotopic (exact) mass is 383 g/mol. The molecule has 0 bridgehead atoms. The van der Waals surface area contributed by atoms with E-state index in [1.165, 1.54) is 0 Å². The van der Waals surface area contributed by atoms with Gasteiger partial charge in [0.1, 0.15) is 22.9 Å². The molecule has 0 radical (unpaired) electrons. The fraction of sp³-hybridized carbons (Fsp3) is 0.174. The van der Waals surface area contributed by atoms with E-state index in [0.29, 0.717) is 35.5 Å². The van der Waals surface area contributed by atoms with Gasteiger partial charge in [-0.05, 0) is 24.1 Å². The van der Waals surface area contributed by atoms with Crippen molar-refractivity contribution < 1.29 is 14.1 Å². The Balaban J connectivity index is 1.71. The van der Waals surface area contributed by atoms with E-state index in [-0.39, 0.29) is 17.2 Å². The molecule has 0 saturated heterocycles. The van der Waals surface area contributed by atoms with Crippen LogP contribution in [0.25, 0.3) is 22.2 Å². The number of nitrogens with zero attached hydrogens (tertiary/aromatic N) is 2. The summed E-state index contributed by atoms with van der Waals surface area (Å²) in [5.41, 5.74) is 9.25. The molecule has 0 spiro atoms. The van der Waals surface area contributed by atoms with Crippen LogP contribution in [0.2, 0.25) is 0 Å². The van der Waals surface area contributed by atoms with Crippen molar-refractivity contribution in [2.24, 2.45) is 5.73 Å². The normalized spacial score (nSPS) is 19.1. The number of aromatic nitrogens is 1. The molecular formula is C23H17N3O3. The van der Waals surface area contributed by atoms with Crippen molar-refractivity contribution in [1.82, 2.24) is 5.16 Å². The van der Waals surface area contributed by atoms with E-state index in [9.17, 15) is 10.1 Å². The number of ketones is 1. The summed E-state index contributed by atoms with van der Waals surface area (Å²) >= 11 is 0. The molecule has 1 aliphatic carbocycles. The van der Waals surface area contributed by atoms with Crippen LogP contribution >= 0.6 is 0 Å². The minimum Gasteiger partial charge on any atom is -0.444 e. The zero-order valence-electron chi connectivity index (χ0n) is 15.5. The number of carbonyl (C=O) groups excluding carboxylic acids is 1. The molecule has 0 fully saturated rings. The van der Waals surface area contributed by atoms with Crippen LogP contribution in [-0.2, 0) is 9.53 Å². The van der Waals surface area contributed by atoms with Crippen molar-refractivity contribution in [2.75, 3.05) is 0 Å². The Morgan fingerprint density at radius 2 is 1.97 bits per heavy atom. The molecule has 1 aromatic heterocycles. The van der Waals surface area contributed by atoms with E-state index in [1.807, 2.05) is 48.5 Å². The van der Waals surface area contributed by atoms with E-state index in [1.54, 1.807) is 0 Å². The lowest BCUT2D eigenvalue weighted by atomic mass is 9.77. The van der Waals surface area contributed by atoms with E-state index in [2.05, 4.69) is 11.2 Å². The Kier molecular flexibility index (Phi) is 3.95. The standard InChI is InChI=1S/C23H17N3O3/c24-12-16-20(21-18(27)7-4-8-19(21)28-23(16)25)14-9-10-17-15(11-14)22(29-26-17)13-5-2-1-3-6-13/h1-3,5-6,9-11,20H,4,7-8,25H2. The highest BCUT2D eigenvalue weighted by molar-refractivity contribution is 6.00. The summed E-state index contributed by atoms with van der Waals surface area (Å²) in [6.07, 6.45) is 1.81. The Morgan fingerprint density at radius 3 is 2.76 bits per heavy atom. The molecule has 2 aliphatic rings. The van der Waals surface area contributed by atoms with Crippen LogP contribution in [-0.4, -0.2) is 10.9 Å². The summed E-state index contributed by atoms with van der Waals surface area (Å²) in [6, 6.07) is 17.5. The SMILES string of the molecule is N#CC1=C(N)OC2=C(C(=O)CCC2)C1c1ccc2noc(-c3ccccc3)c2c1. The summed E-state index contributed by atoms with van der Waals surface area (Å²) in [7, 11) is 0. The lowest BCUT2D eigenvalue weighted by Crippen LogP contribution is -2.27. The molecule has 2 aromatic carbocycles. The first-order chi connectivity index (χ1) is 14.2. The zero-order valence-corrected chi connectivity index (χ0v) is 15.5. The number of Topliss-reactive ketones (excluding diaryl/α,β-unsaturated/α-hetero) is 1. The molecule has 6 nitrogen and oxygen atoms in total. The van der Waals surface area contributed by atoms with Gasteiger partial charge in [-0.3, -0.25) is 4.79 Å². The second-order valence-corrected chi connectivity index (χ2v) is 7.19. The molecule has 0 amide bonds. The summed E-state index contributed by atoms with van der Waals surface area (Å²) in [5.74, 6) is 0.759. The highest BCUT2D eigenvalue weighted by Crippen LogP contribution is 2.44. The molecular weight excluding hydrogens is 366 g/mol. The third-order valence-corrected chi connectivity index (χ3v) is 5.47. The summed E-state index contributed by atoms with van der Waals surface area (Å²) in [4.78, 5) is 12.7. The number of nitriles is 1. The van der Waals surface area contributed by atoms with Gasteiger partial charge in [-0.2, -0.15) is 5.26 Å². The van der Waals surface area contributed by atoms with Crippen LogP contribution < -0.4 is 5.73 Å². The molecule has 3 aromatic rings. The number of ether oxygens (including phenoxy) is 1. The van der Waals surface area contributed by atoms with Crippen molar-refractivity contribution in [3.8, 4) is 17.4 Å². The molecule has 142 valence electrons. The van der Waals surface area contributed by atoms with Gasteiger partial charge >= 0.3 is 0 Å². The summed E-state index contributed by atoms with van der Waals surface area (Å²) < 4.78 is 11.2. The van der Waals surface area contributed by atoms with Gasteiger partial charge in [0.05, 0.1) is 11.3 Å². The van der Waals surface area contributed by atoms with Crippen LogP contribution in [0.3, 0.4) is 0 Å². The average Bonchev–Trinajstić information content (AvgIpc) is 3.17. The van der Waals surface area contributed by atoms with E-state index in [0.717, 1.165) is 22.9 Å². The number of fused-ring (bicyclic) bond motifs is 1. The van der Waals surface area contributed by atoms with E-state index in [4.69, 9.17) is 15.0 Å². The molecule has 1 unspecified atom stereocenters. The maximum Gasteiger partial charge on any atom is 0.205 e. The number of nitrogens with two attached hydrogens (primary N) is 1. The molecule has 6 heteroatoms. The summed E-state index contributed by atoms with van der Waals surface area (Å²) in [6.45, 7) is 0. The van der Waals surface area contributed by atoms with Crippen molar-refractivity contribution in [1.29, 1.82) is 5.26 Å². The second-order valence-electron chi connectivity index (χ2n) is 7.19. The maximum atomic E-state index is 12.7. The Morgan fingerprint density at radius 1 is 1.14 bits per heavy atom. The lowest BCUT2D eigenvalue weighted by molar-refractivity contribution is -0.116. The number of hydrogen-bond donors (Lipinski definition) is 1. The molecule has 5 rings (SSSR count). The van der Waals surface area contributed by atoms with Crippen LogP contribution in [0.5, 0.6) is 0 Å². The maximum absolute atomic E-state index is 12.7. The molecule has 1 atom stereocenters. The molecule has 2 N–H and O–H groups in total. The topological polar surface area (TPSA) is 102 Å². The first-order valence-electron chi connectivity index (χ1n) is 9.46. The van der Waals surface area contributed by atoms with Crippen LogP contribution in [0.1, 0.15) is 30.7 Å². The average molecular weight is 383 g/mol. The van der Waals surface area contributed by atoms with Crippen molar-refractivity contribution in [3.63, 3.8) is 0 Å². The number of rotatable bonds is 2. The van der Waals surface area contributed by atoms with E-state index >= 15 is 0 Å². The molecule has 2 heterocycles. The molecule has 1 aliphatic heterocycles. The number of allylic oxidation sites excluding steroid dienone is 3. The fourth-order valence-corrected chi connectivity index (χ4v) is 4.13. The largest absolute Gasteiger partial charge is 0.444 e. The first-order valence-corrected chi connectivity index (χ1v) is 9.46. The number of benzene rings is 2. The van der Waals surface area contributed by atoms with Gasteiger partial charge in [-0.15, -0.1) is 0 Å². The van der Waals surface area contributed by atoms with Crippen molar-refractivity contribution >= 4 is 16.7 Å². The lowest BCUT2D eigenvalue weighted by Gasteiger charge is -2.31. The van der Waals surface area contributed by atoms with E-state index < -0.39 is 5.92 Å². The van der Waals surface area contributed by atoms with Gasteiger partial charge in [0.15, 0.2) is 11.5 Å². The highest BCUT2D eigenvalue weighted by atomic mass is 16.5. The zero-order chi connectivity index (χ0) is 20.0.